The van der Waals surface area contributed by atoms with E-state index in [-0.39, 0.29) is 12.5 Å². The van der Waals surface area contributed by atoms with Crippen LogP contribution in [0, 0.1) is 0 Å². The first-order valence-electron chi connectivity index (χ1n) is 8.13. The maximum Gasteiger partial charge on any atom is 0.243 e. The Morgan fingerprint density at radius 1 is 1.12 bits per heavy atom. The van der Waals surface area contributed by atoms with Crippen molar-refractivity contribution in [3.05, 3.63) is 65.2 Å². The average Bonchev–Trinajstić information content (AvgIpc) is 3.11. The van der Waals surface area contributed by atoms with Gasteiger partial charge in [0.25, 0.3) is 0 Å². The van der Waals surface area contributed by atoms with Gasteiger partial charge in [0.15, 0.2) is 0 Å². The third-order valence-electron chi connectivity index (χ3n) is 3.53. The van der Waals surface area contributed by atoms with Gasteiger partial charge >= 0.3 is 0 Å². The predicted molar refractivity (Wildman–Crippen MR) is 104 cm³/mol. The predicted octanol–water partition coefficient (Wildman–Crippen LogP) is 3.04. The van der Waals surface area contributed by atoms with Gasteiger partial charge in [0, 0.05) is 23.6 Å². The summed E-state index contributed by atoms with van der Waals surface area (Å²) in [4.78, 5) is 13.3. The molecule has 0 bridgehead atoms. The molecule has 0 spiro atoms. The minimum absolute atomic E-state index is 0.0286. The molecular formula is C18H18ClN5OS. The lowest BCUT2D eigenvalue weighted by molar-refractivity contribution is -0.121. The summed E-state index contributed by atoms with van der Waals surface area (Å²) in [5.41, 5.74) is 1.97. The standard InChI is InChI=1S/C18H18ClN5OS/c19-16-9-5-4-8-15(16)18-21-23-24(22-18)12-17(25)20-10-11-26-13-14-6-2-1-3-7-14/h1-9H,10-13H2,(H,20,25). The monoisotopic (exact) mass is 387 g/mol. The molecule has 0 unspecified atom stereocenters. The molecule has 2 aromatic carbocycles. The van der Waals surface area contributed by atoms with E-state index in [1.165, 1.54) is 10.4 Å². The zero-order valence-corrected chi connectivity index (χ0v) is 15.6. The van der Waals surface area contributed by atoms with E-state index in [1.807, 2.05) is 36.4 Å². The molecule has 1 N–H and O–H groups in total. The normalized spacial score (nSPS) is 10.7. The molecule has 1 amide bonds. The van der Waals surface area contributed by atoms with Crippen molar-refractivity contribution in [1.82, 2.24) is 25.5 Å². The second-order valence-electron chi connectivity index (χ2n) is 5.51. The van der Waals surface area contributed by atoms with Gasteiger partial charge in [-0.1, -0.05) is 54.1 Å². The quantitative estimate of drug-likeness (QED) is 0.601. The van der Waals surface area contributed by atoms with Crippen LogP contribution in [0.4, 0.5) is 0 Å². The largest absolute Gasteiger partial charge is 0.354 e. The first-order valence-corrected chi connectivity index (χ1v) is 9.67. The number of carbonyl (C=O) groups excluding carboxylic acids is 1. The minimum Gasteiger partial charge on any atom is -0.354 e. The van der Waals surface area contributed by atoms with Crippen molar-refractivity contribution in [1.29, 1.82) is 0 Å². The molecule has 0 aliphatic carbocycles. The second-order valence-corrected chi connectivity index (χ2v) is 7.02. The van der Waals surface area contributed by atoms with Gasteiger partial charge in [-0.3, -0.25) is 4.79 Å². The van der Waals surface area contributed by atoms with Crippen LogP contribution in [0.25, 0.3) is 11.4 Å². The average molecular weight is 388 g/mol. The summed E-state index contributed by atoms with van der Waals surface area (Å²) < 4.78 is 0. The third kappa shape index (κ3) is 5.31. The van der Waals surface area contributed by atoms with E-state index < -0.39 is 0 Å². The van der Waals surface area contributed by atoms with Gasteiger partial charge in [-0.2, -0.15) is 16.6 Å². The van der Waals surface area contributed by atoms with E-state index in [4.69, 9.17) is 11.6 Å². The second kappa shape index (κ2) is 9.35. The Bertz CT molecular complexity index is 856. The highest BCUT2D eigenvalue weighted by molar-refractivity contribution is 7.98. The highest BCUT2D eigenvalue weighted by Gasteiger charge is 2.11. The van der Waals surface area contributed by atoms with Gasteiger partial charge < -0.3 is 5.32 Å². The summed E-state index contributed by atoms with van der Waals surface area (Å²) in [7, 11) is 0. The number of aromatic nitrogens is 4. The number of hydrogen-bond donors (Lipinski definition) is 1. The van der Waals surface area contributed by atoms with E-state index >= 15 is 0 Å². The lowest BCUT2D eigenvalue weighted by Crippen LogP contribution is -2.30. The third-order valence-corrected chi connectivity index (χ3v) is 4.89. The SMILES string of the molecule is O=C(Cn1nnc(-c2ccccc2Cl)n1)NCCSCc1ccccc1. The van der Waals surface area contributed by atoms with Crippen LogP contribution in [0.15, 0.2) is 54.6 Å². The van der Waals surface area contributed by atoms with Gasteiger partial charge in [-0.25, -0.2) is 0 Å². The first kappa shape index (κ1) is 18.4. The molecule has 134 valence electrons. The van der Waals surface area contributed by atoms with Gasteiger partial charge in [0.2, 0.25) is 11.7 Å². The molecule has 0 radical (unpaired) electrons. The number of rotatable bonds is 8. The highest BCUT2D eigenvalue weighted by Crippen LogP contribution is 2.23. The fraction of sp³-hybridized carbons (Fsp3) is 0.222. The maximum absolute atomic E-state index is 12.0. The molecule has 1 aromatic heterocycles. The van der Waals surface area contributed by atoms with Crippen molar-refractivity contribution in [2.45, 2.75) is 12.3 Å². The Morgan fingerprint density at radius 3 is 2.69 bits per heavy atom. The van der Waals surface area contributed by atoms with E-state index in [1.54, 1.807) is 17.8 Å². The smallest absolute Gasteiger partial charge is 0.243 e. The summed E-state index contributed by atoms with van der Waals surface area (Å²) >= 11 is 7.90. The Hall–Kier alpha value is -2.38. The van der Waals surface area contributed by atoms with Crippen molar-refractivity contribution in [2.24, 2.45) is 0 Å². The fourth-order valence-electron chi connectivity index (χ4n) is 2.27. The van der Waals surface area contributed by atoms with Gasteiger partial charge in [0.1, 0.15) is 6.54 Å². The van der Waals surface area contributed by atoms with Crippen molar-refractivity contribution in [3.63, 3.8) is 0 Å². The lowest BCUT2D eigenvalue weighted by Gasteiger charge is -2.04. The summed E-state index contributed by atoms with van der Waals surface area (Å²) in [5.74, 6) is 2.04. The van der Waals surface area contributed by atoms with Crippen LogP contribution in [0.3, 0.4) is 0 Å². The Balaban J connectivity index is 1.41. The number of amides is 1. The molecule has 0 saturated carbocycles. The number of hydrogen-bond acceptors (Lipinski definition) is 5. The maximum atomic E-state index is 12.0. The molecule has 0 saturated heterocycles. The Morgan fingerprint density at radius 2 is 1.88 bits per heavy atom. The van der Waals surface area contributed by atoms with Crippen LogP contribution >= 0.6 is 23.4 Å². The van der Waals surface area contributed by atoms with Gasteiger partial charge in [-0.15, -0.1) is 10.2 Å². The van der Waals surface area contributed by atoms with Crippen molar-refractivity contribution < 1.29 is 4.79 Å². The zero-order chi connectivity index (χ0) is 18.2. The molecule has 8 heteroatoms. The molecule has 0 aliphatic rings. The number of tetrazole rings is 1. The van der Waals surface area contributed by atoms with Crippen molar-refractivity contribution in [2.75, 3.05) is 12.3 Å². The summed E-state index contributed by atoms with van der Waals surface area (Å²) in [6.45, 7) is 0.628. The topological polar surface area (TPSA) is 72.7 Å². The molecule has 3 aromatic rings. The van der Waals surface area contributed by atoms with Crippen LogP contribution in [-0.4, -0.2) is 38.4 Å². The molecular weight excluding hydrogens is 370 g/mol. The van der Waals surface area contributed by atoms with Crippen molar-refractivity contribution >= 4 is 29.3 Å². The molecule has 1 heterocycles. The van der Waals surface area contributed by atoms with E-state index in [0.29, 0.717) is 23.0 Å². The number of halogens is 1. The Kier molecular flexibility index (Phi) is 6.62. The minimum atomic E-state index is -0.145. The van der Waals surface area contributed by atoms with Gasteiger partial charge in [0.05, 0.1) is 5.02 Å². The number of nitrogens with one attached hydrogen (secondary N) is 1. The lowest BCUT2D eigenvalue weighted by atomic mass is 10.2. The highest BCUT2D eigenvalue weighted by atomic mass is 35.5. The molecule has 3 rings (SSSR count). The van der Waals surface area contributed by atoms with Crippen LogP contribution in [-0.2, 0) is 17.1 Å². The molecule has 0 aliphatic heterocycles. The van der Waals surface area contributed by atoms with Crippen LogP contribution in [0.2, 0.25) is 5.02 Å². The number of benzene rings is 2. The number of nitrogens with zero attached hydrogens (tertiary/aromatic N) is 4. The summed E-state index contributed by atoms with van der Waals surface area (Å²) in [5, 5.41) is 15.5. The van der Waals surface area contributed by atoms with E-state index in [0.717, 1.165) is 11.5 Å². The molecule has 6 nitrogen and oxygen atoms in total. The molecule has 0 atom stereocenters. The van der Waals surface area contributed by atoms with Crippen molar-refractivity contribution in [3.8, 4) is 11.4 Å². The first-order chi connectivity index (χ1) is 12.7. The zero-order valence-electron chi connectivity index (χ0n) is 14.0. The summed E-state index contributed by atoms with van der Waals surface area (Å²) in [6, 6.07) is 17.5. The fourth-order valence-corrected chi connectivity index (χ4v) is 3.31. The van der Waals surface area contributed by atoms with Gasteiger partial charge in [-0.05, 0) is 22.9 Å². The Labute approximate surface area is 160 Å². The van der Waals surface area contributed by atoms with Crippen LogP contribution < -0.4 is 5.32 Å². The summed E-state index contributed by atoms with van der Waals surface area (Å²) in [6.07, 6.45) is 0. The van der Waals surface area contributed by atoms with E-state index in [9.17, 15) is 4.79 Å². The van der Waals surface area contributed by atoms with Crippen LogP contribution in [0.1, 0.15) is 5.56 Å². The van der Waals surface area contributed by atoms with E-state index in [2.05, 4.69) is 32.9 Å². The molecule has 0 fully saturated rings. The number of thioether (sulfide) groups is 1. The van der Waals surface area contributed by atoms with Crippen LogP contribution in [0.5, 0.6) is 0 Å². The molecule has 26 heavy (non-hydrogen) atoms. The number of carbonyl (C=O) groups is 1.